The first-order chi connectivity index (χ1) is 9.50. The highest BCUT2D eigenvalue weighted by molar-refractivity contribution is 6.18. The van der Waals surface area contributed by atoms with Crippen LogP contribution in [0, 0.1) is 0 Å². The third kappa shape index (κ3) is 3.96. The molecule has 0 bridgehead atoms. The lowest BCUT2D eigenvalue weighted by Gasteiger charge is -2.22. The van der Waals surface area contributed by atoms with E-state index in [1.807, 2.05) is 4.90 Å². The number of halogens is 4. The Bertz CT molecular complexity index is 424. The van der Waals surface area contributed by atoms with Gasteiger partial charge in [-0.2, -0.15) is 13.2 Å². The van der Waals surface area contributed by atoms with Crippen molar-refractivity contribution >= 4 is 17.4 Å². The third-order valence-corrected chi connectivity index (χ3v) is 3.42. The summed E-state index contributed by atoms with van der Waals surface area (Å²) >= 11 is 5.72. The molecule has 0 spiro atoms. The van der Waals surface area contributed by atoms with Crippen molar-refractivity contribution in [2.24, 2.45) is 0 Å². The molecular formula is C12H16ClF3N4. The zero-order valence-electron chi connectivity index (χ0n) is 10.9. The van der Waals surface area contributed by atoms with Gasteiger partial charge >= 0.3 is 6.18 Å². The molecule has 0 aromatic carbocycles. The summed E-state index contributed by atoms with van der Waals surface area (Å²) in [7, 11) is 0. The molecule has 0 unspecified atom stereocenters. The van der Waals surface area contributed by atoms with Crippen LogP contribution in [0.15, 0.2) is 12.1 Å². The predicted molar refractivity (Wildman–Crippen MR) is 71.0 cm³/mol. The van der Waals surface area contributed by atoms with E-state index in [4.69, 9.17) is 11.6 Å². The van der Waals surface area contributed by atoms with Gasteiger partial charge in [0.1, 0.15) is 0 Å². The smallest absolute Gasteiger partial charge is 0.354 e. The van der Waals surface area contributed by atoms with Gasteiger partial charge in [0.2, 0.25) is 0 Å². The van der Waals surface area contributed by atoms with E-state index >= 15 is 0 Å². The van der Waals surface area contributed by atoms with Crippen LogP contribution in [0.25, 0.3) is 0 Å². The van der Waals surface area contributed by atoms with Crippen LogP contribution in [-0.4, -0.2) is 53.7 Å². The molecule has 1 aliphatic rings. The molecule has 1 saturated heterocycles. The summed E-state index contributed by atoms with van der Waals surface area (Å²) in [6.07, 6.45) is -3.51. The summed E-state index contributed by atoms with van der Waals surface area (Å²) in [5.41, 5.74) is -0.958. The first-order valence-corrected chi connectivity index (χ1v) is 6.98. The minimum absolute atomic E-state index is 0.491. The number of alkyl halides is 4. The Morgan fingerprint density at radius 2 is 1.90 bits per heavy atom. The standard InChI is InChI=1S/C12H16ClF3N4/c13-4-7-19-5-1-6-20(9-8-19)11-3-2-10(17-18-11)12(14,15)16/h2-3H,1,4-9H2. The first-order valence-electron chi connectivity index (χ1n) is 6.45. The van der Waals surface area contributed by atoms with Crippen LogP contribution in [0.3, 0.4) is 0 Å². The van der Waals surface area contributed by atoms with Crippen molar-refractivity contribution in [1.29, 1.82) is 0 Å². The van der Waals surface area contributed by atoms with Crippen molar-refractivity contribution in [2.75, 3.05) is 43.5 Å². The second-order valence-electron chi connectivity index (χ2n) is 4.65. The van der Waals surface area contributed by atoms with Gasteiger partial charge < -0.3 is 9.80 Å². The molecule has 2 rings (SSSR count). The largest absolute Gasteiger partial charge is 0.435 e. The first kappa shape index (κ1) is 15.3. The van der Waals surface area contributed by atoms with Gasteiger partial charge in [-0.05, 0) is 25.1 Å². The van der Waals surface area contributed by atoms with Crippen LogP contribution >= 0.6 is 11.6 Å². The summed E-state index contributed by atoms with van der Waals surface area (Å²) < 4.78 is 37.3. The molecule has 1 aromatic rings. The van der Waals surface area contributed by atoms with Crippen molar-refractivity contribution < 1.29 is 13.2 Å². The van der Waals surface area contributed by atoms with Crippen molar-refractivity contribution in [2.45, 2.75) is 12.6 Å². The highest BCUT2D eigenvalue weighted by atomic mass is 35.5. The van der Waals surface area contributed by atoms with Crippen LogP contribution in [0.1, 0.15) is 12.1 Å². The predicted octanol–water partition coefficient (Wildman–Crippen LogP) is 2.25. The number of anilines is 1. The number of nitrogens with zero attached hydrogens (tertiary/aromatic N) is 4. The topological polar surface area (TPSA) is 32.3 Å². The van der Waals surface area contributed by atoms with E-state index in [9.17, 15) is 13.2 Å². The van der Waals surface area contributed by atoms with Gasteiger partial charge in [-0.15, -0.1) is 21.8 Å². The molecule has 0 aliphatic carbocycles. The third-order valence-electron chi connectivity index (χ3n) is 3.25. The summed E-state index contributed by atoms with van der Waals surface area (Å²) in [6, 6.07) is 2.36. The van der Waals surface area contributed by atoms with E-state index in [-0.39, 0.29) is 0 Å². The van der Waals surface area contributed by atoms with Gasteiger partial charge in [-0.3, -0.25) is 0 Å². The fourth-order valence-electron chi connectivity index (χ4n) is 2.19. The number of rotatable bonds is 3. The molecule has 1 aromatic heterocycles. The lowest BCUT2D eigenvalue weighted by Crippen LogP contribution is -2.32. The van der Waals surface area contributed by atoms with Crippen LogP contribution in [0.4, 0.5) is 19.0 Å². The highest BCUT2D eigenvalue weighted by Gasteiger charge is 2.33. The van der Waals surface area contributed by atoms with Crippen LogP contribution in [-0.2, 0) is 6.18 Å². The van der Waals surface area contributed by atoms with Crippen LogP contribution < -0.4 is 4.90 Å². The second-order valence-corrected chi connectivity index (χ2v) is 5.02. The van der Waals surface area contributed by atoms with Gasteiger partial charge in [0.25, 0.3) is 0 Å². The van der Waals surface area contributed by atoms with Crippen molar-refractivity contribution in [1.82, 2.24) is 15.1 Å². The zero-order valence-corrected chi connectivity index (χ0v) is 11.7. The minimum Gasteiger partial charge on any atom is -0.354 e. The maximum absolute atomic E-state index is 12.4. The number of aromatic nitrogens is 2. The molecule has 0 N–H and O–H groups in total. The maximum Gasteiger partial charge on any atom is 0.435 e. The molecule has 0 amide bonds. The number of hydrogen-bond donors (Lipinski definition) is 0. The Hall–Kier alpha value is -1.08. The normalized spacial score (nSPS) is 18.1. The van der Waals surface area contributed by atoms with E-state index in [0.717, 1.165) is 45.2 Å². The van der Waals surface area contributed by atoms with E-state index in [0.29, 0.717) is 11.7 Å². The summed E-state index contributed by atoms with van der Waals surface area (Å²) in [6.45, 7) is 4.08. The molecular weight excluding hydrogens is 293 g/mol. The lowest BCUT2D eigenvalue weighted by molar-refractivity contribution is -0.141. The van der Waals surface area contributed by atoms with E-state index in [1.165, 1.54) is 6.07 Å². The molecule has 8 heteroatoms. The Balaban J connectivity index is 2.01. The molecule has 1 fully saturated rings. The zero-order chi connectivity index (χ0) is 14.6. The van der Waals surface area contributed by atoms with Gasteiger partial charge in [0.05, 0.1) is 0 Å². The van der Waals surface area contributed by atoms with Crippen molar-refractivity contribution in [3.8, 4) is 0 Å². The number of hydrogen-bond acceptors (Lipinski definition) is 4. The average Bonchev–Trinajstić information content (AvgIpc) is 2.64. The van der Waals surface area contributed by atoms with E-state index in [1.54, 1.807) is 0 Å². The highest BCUT2D eigenvalue weighted by Crippen LogP contribution is 2.27. The molecule has 2 heterocycles. The average molecular weight is 309 g/mol. The van der Waals surface area contributed by atoms with E-state index < -0.39 is 11.9 Å². The monoisotopic (exact) mass is 308 g/mol. The molecule has 0 atom stereocenters. The fourth-order valence-corrected chi connectivity index (χ4v) is 2.43. The second kappa shape index (κ2) is 6.58. The summed E-state index contributed by atoms with van der Waals surface area (Å²) in [5.74, 6) is 1.07. The van der Waals surface area contributed by atoms with Crippen molar-refractivity contribution in [3.63, 3.8) is 0 Å². The maximum atomic E-state index is 12.4. The molecule has 20 heavy (non-hydrogen) atoms. The van der Waals surface area contributed by atoms with Crippen LogP contribution in [0.2, 0.25) is 0 Å². The molecule has 0 saturated carbocycles. The molecule has 112 valence electrons. The molecule has 1 aliphatic heterocycles. The van der Waals surface area contributed by atoms with E-state index in [2.05, 4.69) is 15.1 Å². The summed E-state index contributed by atoms with van der Waals surface area (Å²) in [5, 5.41) is 6.95. The Labute approximate surface area is 120 Å². The van der Waals surface area contributed by atoms with Gasteiger partial charge in [0, 0.05) is 32.1 Å². The molecule has 0 radical (unpaired) electrons. The van der Waals surface area contributed by atoms with Gasteiger partial charge in [-0.1, -0.05) is 0 Å². The Morgan fingerprint density at radius 1 is 1.10 bits per heavy atom. The van der Waals surface area contributed by atoms with Gasteiger partial charge in [0.15, 0.2) is 11.5 Å². The lowest BCUT2D eigenvalue weighted by atomic mass is 10.3. The molecule has 4 nitrogen and oxygen atoms in total. The van der Waals surface area contributed by atoms with Gasteiger partial charge in [-0.25, -0.2) is 0 Å². The Morgan fingerprint density at radius 3 is 2.50 bits per heavy atom. The quantitative estimate of drug-likeness (QED) is 0.802. The van der Waals surface area contributed by atoms with Crippen molar-refractivity contribution in [3.05, 3.63) is 17.8 Å². The SMILES string of the molecule is FC(F)(F)c1ccc(N2CCCN(CCCl)CC2)nn1. The summed E-state index contributed by atoms with van der Waals surface area (Å²) in [4.78, 5) is 4.20. The fraction of sp³-hybridized carbons (Fsp3) is 0.667. The minimum atomic E-state index is -4.44. The van der Waals surface area contributed by atoms with Crippen LogP contribution in [0.5, 0.6) is 0 Å². The Kier molecular flexibility index (Phi) is 5.04.